The van der Waals surface area contributed by atoms with E-state index in [9.17, 15) is 39.9 Å². The van der Waals surface area contributed by atoms with Gasteiger partial charge in [-0.25, -0.2) is 4.79 Å². The van der Waals surface area contributed by atoms with Crippen LogP contribution < -0.4 is 0 Å². The number of piperidine rings is 1. The average molecular weight is 918 g/mol. The van der Waals surface area contributed by atoms with E-state index >= 15 is 0 Å². The fourth-order valence-electron chi connectivity index (χ4n) is 10.5. The standard InChI is InChI=1S/C51H83NO13/c1-30-16-12-11-13-17-31(2)42(61-8)28-38-21-19-36(7)51(60,65-38)48(57)49(58)52-23-15-14-18-39(52)50(59)64-43(33(4)26-37-20-22-40(53)44(27-37)62-9)29-41(54)32(3)25-35(6)46(56)47(63-10)45(55)34(5)24-30/h11-13,16-17,25,30,33-40,42-48,53,55-57,60H,14-15,18-24,26-29H2,1-10H3/t30-,33-,34?,35?,36?,37?,38+,39?,40-,42+,43+,44?,45+,46?,47+,48?,51?/m1/s1. The predicted octanol–water partition coefficient (Wildman–Crippen LogP) is 5.76. The molecule has 2 bridgehead atoms. The SMILES string of the molecule is COC1CC(C[C@@H](C)[C@@H]2CC(=O)C(C)=CC(C)C(O)[C@@H](OC)[C@@H](O)C(C)C[C@H](C)C=CC=CC=C(C)[C@@H](OC)C[C@@H]3CCC(C)C(O)(O3)C(O)C(=O)N3CCCCC3C(=O)O2)CC[C@H]1O. The number of hydrogen-bond donors (Lipinski definition) is 5. The first-order chi connectivity index (χ1) is 30.7. The average Bonchev–Trinajstić information content (AvgIpc) is 3.28. The molecule has 14 heteroatoms. The molecule has 1 amide bonds. The number of hydrogen-bond acceptors (Lipinski definition) is 13. The van der Waals surface area contributed by atoms with Crippen molar-refractivity contribution in [1.29, 1.82) is 0 Å². The molecule has 3 heterocycles. The quantitative estimate of drug-likeness (QED) is 0.202. The van der Waals surface area contributed by atoms with Gasteiger partial charge >= 0.3 is 5.97 Å². The number of nitrogens with zero attached hydrogens (tertiary/aromatic N) is 1. The summed E-state index contributed by atoms with van der Waals surface area (Å²) in [6.07, 6.45) is 9.46. The molecule has 14 nitrogen and oxygen atoms in total. The minimum absolute atomic E-state index is 0.0899. The summed E-state index contributed by atoms with van der Waals surface area (Å²) < 4.78 is 29.7. The smallest absolute Gasteiger partial charge is 0.329 e. The van der Waals surface area contributed by atoms with Gasteiger partial charge in [-0.3, -0.25) is 9.59 Å². The van der Waals surface area contributed by atoms with E-state index in [2.05, 4.69) is 6.92 Å². The molecule has 4 rings (SSSR count). The van der Waals surface area contributed by atoms with Gasteiger partial charge in [-0.1, -0.05) is 71.1 Å². The zero-order chi connectivity index (χ0) is 48.2. The number of aliphatic hydroxyl groups excluding tert-OH is 4. The Balaban J connectivity index is 1.70. The third kappa shape index (κ3) is 14.6. The molecular formula is C51H83NO13. The molecule has 0 aromatic heterocycles. The molecular weight excluding hydrogens is 835 g/mol. The molecule has 4 aliphatic rings. The topological polar surface area (TPSA) is 202 Å². The lowest BCUT2D eigenvalue weighted by molar-refractivity contribution is -0.317. The van der Waals surface area contributed by atoms with Crippen molar-refractivity contribution in [1.82, 2.24) is 4.90 Å². The van der Waals surface area contributed by atoms with E-state index in [0.29, 0.717) is 63.4 Å². The normalized spacial score (nSPS) is 40.1. The Morgan fingerprint density at radius 2 is 1.57 bits per heavy atom. The Hall–Kier alpha value is -2.79. The van der Waals surface area contributed by atoms with Gasteiger partial charge in [-0.15, -0.1) is 0 Å². The number of cyclic esters (lactones) is 1. The molecule has 3 aliphatic heterocycles. The minimum Gasteiger partial charge on any atom is -0.460 e. The summed E-state index contributed by atoms with van der Waals surface area (Å²) in [5, 5.41) is 57.2. The van der Waals surface area contributed by atoms with E-state index < -0.39 is 78.3 Å². The molecule has 1 aliphatic carbocycles. The van der Waals surface area contributed by atoms with Crippen molar-refractivity contribution in [3.05, 3.63) is 47.6 Å². The molecule has 2 saturated heterocycles. The zero-order valence-corrected chi connectivity index (χ0v) is 40.8. The summed E-state index contributed by atoms with van der Waals surface area (Å²) in [6, 6.07) is -1.07. The second-order valence-corrected chi connectivity index (χ2v) is 20.0. The molecule has 3 fully saturated rings. The Bertz CT molecular complexity index is 1660. The molecule has 0 aromatic rings. The molecule has 17 atom stereocenters. The van der Waals surface area contributed by atoms with E-state index in [1.165, 1.54) is 12.0 Å². The number of allylic oxidation sites excluding steroid dienone is 6. The highest BCUT2D eigenvalue weighted by Crippen LogP contribution is 2.39. The van der Waals surface area contributed by atoms with E-state index in [0.717, 1.165) is 12.0 Å². The van der Waals surface area contributed by atoms with E-state index in [-0.39, 0.29) is 61.0 Å². The van der Waals surface area contributed by atoms with E-state index in [4.69, 9.17) is 23.7 Å². The predicted molar refractivity (Wildman–Crippen MR) is 247 cm³/mol. The Labute approximate surface area is 388 Å². The Morgan fingerprint density at radius 3 is 2.25 bits per heavy atom. The maximum atomic E-state index is 14.4. The van der Waals surface area contributed by atoms with E-state index in [1.807, 2.05) is 51.2 Å². The number of Topliss-reactive ketones (excluding diaryl/α,β-unsaturated/α-hetero) is 1. The number of fused-ring (bicyclic) bond motifs is 3. The van der Waals surface area contributed by atoms with Crippen molar-refractivity contribution in [3.63, 3.8) is 0 Å². The Morgan fingerprint density at radius 1 is 0.846 bits per heavy atom. The monoisotopic (exact) mass is 918 g/mol. The highest BCUT2D eigenvalue weighted by Gasteiger charge is 2.53. The lowest BCUT2D eigenvalue weighted by Crippen LogP contribution is -2.63. The van der Waals surface area contributed by atoms with Gasteiger partial charge in [0.05, 0.1) is 36.6 Å². The van der Waals surface area contributed by atoms with Gasteiger partial charge in [-0.2, -0.15) is 0 Å². The number of carbonyl (C=O) groups is 3. The highest BCUT2D eigenvalue weighted by molar-refractivity contribution is 5.95. The van der Waals surface area contributed by atoms with Crippen molar-refractivity contribution in [3.8, 4) is 0 Å². The van der Waals surface area contributed by atoms with Crippen molar-refractivity contribution in [2.75, 3.05) is 27.9 Å². The van der Waals surface area contributed by atoms with Gasteiger partial charge in [-0.05, 0) is 113 Å². The summed E-state index contributed by atoms with van der Waals surface area (Å²) in [5.41, 5.74) is 1.27. The second-order valence-electron chi connectivity index (χ2n) is 20.0. The summed E-state index contributed by atoms with van der Waals surface area (Å²) >= 11 is 0. The lowest BCUT2D eigenvalue weighted by Gasteiger charge is -2.46. The van der Waals surface area contributed by atoms with Crippen molar-refractivity contribution < 1.29 is 63.6 Å². The van der Waals surface area contributed by atoms with Crippen LogP contribution in [0.5, 0.6) is 0 Å². The van der Waals surface area contributed by atoms with Gasteiger partial charge in [0, 0.05) is 52.6 Å². The van der Waals surface area contributed by atoms with Crippen molar-refractivity contribution >= 4 is 17.7 Å². The van der Waals surface area contributed by atoms with Gasteiger partial charge < -0.3 is 54.1 Å². The first-order valence-corrected chi connectivity index (χ1v) is 24.2. The summed E-state index contributed by atoms with van der Waals surface area (Å²) in [4.78, 5) is 44.1. The van der Waals surface area contributed by atoms with Crippen LogP contribution in [0.15, 0.2) is 47.6 Å². The van der Waals surface area contributed by atoms with Crippen LogP contribution >= 0.6 is 0 Å². The lowest BCUT2D eigenvalue weighted by atomic mass is 9.78. The first-order valence-electron chi connectivity index (χ1n) is 24.2. The largest absolute Gasteiger partial charge is 0.460 e. The minimum atomic E-state index is -2.23. The van der Waals surface area contributed by atoms with Gasteiger partial charge in [0.1, 0.15) is 18.2 Å². The molecule has 0 spiro atoms. The molecule has 5 N–H and O–H groups in total. The van der Waals surface area contributed by atoms with E-state index in [1.54, 1.807) is 41.1 Å². The third-order valence-corrected chi connectivity index (χ3v) is 14.9. The molecule has 0 radical (unpaired) electrons. The highest BCUT2D eigenvalue weighted by atomic mass is 16.6. The number of ketones is 1. The molecule has 65 heavy (non-hydrogen) atoms. The number of rotatable bonds is 6. The third-order valence-electron chi connectivity index (χ3n) is 14.9. The van der Waals surface area contributed by atoms with Crippen LogP contribution in [0.25, 0.3) is 0 Å². The summed E-state index contributed by atoms with van der Waals surface area (Å²) in [5.74, 6) is -5.57. The van der Waals surface area contributed by atoms with Crippen LogP contribution in [-0.2, 0) is 38.1 Å². The maximum Gasteiger partial charge on any atom is 0.329 e. The molecule has 1 saturated carbocycles. The summed E-state index contributed by atoms with van der Waals surface area (Å²) in [6.45, 7) is 13.2. The van der Waals surface area contributed by atoms with Crippen LogP contribution in [0.2, 0.25) is 0 Å². The Kier molecular flexibility index (Phi) is 21.5. The number of carbonyl (C=O) groups excluding carboxylic acids is 3. The van der Waals surface area contributed by atoms with Gasteiger partial charge in [0.2, 0.25) is 5.79 Å². The number of amides is 1. The van der Waals surface area contributed by atoms with Crippen LogP contribution in [0, 0.1) is 35.5 Å². The molecule has 9 unspecified atom stereocenters. The fourth-order valence-corrected chi connectivity index (χ4v) is 10.5. The number of methoxy groups -OCH3 is 3. The number of ether oxygens (including phenoxy) is 5. The first kappa shape index (κ1) is 54.8. The summed E-state index contributed by atoms with van der Waals surface area (Å²) in [7, 11) is 4.63. The van der Waals surface area contributed by atoms with Gasteiger partial charge in [0.15, 0.2) is 11.9 Å². The molecule has 0 aromatic carbocycles. The van der Waals surface area contributed by atoms with Crippen LogP contribution in [0.1, 0.15) is 126 Å². The van der Waals surface area contributed by atoms with Crippen LogP contribution in [-0.4, -0.2) is 143 Å². The van der Waals surface area contributed by atoms with Crippen LogP contribution in [0.3, 0.4) is 0 Å². The van der Waals surface area contributed by atoms with Gasteiger partial charge in [0.25, 0.3) is 5.91 Å². The molecule has 370 valence electrons. The number of aliphatic hydroxyl groups is 5. The number of esters is 1. The van der Waals surface area contributed by atoms with Crippen LogP contribution in [0.4, 0.5) is 0 Å². The second kappa shape index (κ2) is 25.5. The van der Waals surface area contributed by atoms with Crippen molar-refractivity contribution in [2.24, 2.45) is 35.5 Å². The fraction of sp³-hybridized carbons (Fsp3) is 0.784. The zero-order valence-electron chi connectivity index (χ0n) is 40.8. The maximum absolute atomic E-state index is 14.4. The van der Waals surface area contributed by atoms with Crippen molar-refractivity contribution in [2.45, 2.75) is 192 Å².